The van der Waals surface area contributed by atoms with Crippen LogP contribution in [0.5, 0.6) is 0 Å². The molecule has 2 aromatic carbocycles. The zero-order valence-electron chi connectivity index (χ0n) is 25.1. The third-order valence-electron chi connectivity index (χ3n) is 9.73. The first-order valence-corrected chi connectivity index (χ1v) is 16.3. The molecule has 3 heteroatoms. The van der Waals surface area contributed by atoms with Gasteiger partial charge in [-0.25, -0.2) is 0 Å². The minimum Gasteiger partial charge on any atom is -0.316 e. The second kappa shape index (κ2) is 15.9. The minimum atomic E-state index is -3.27. The molecule has 220 valence electrons. The fraction of sp³-hybridized carbons (Fsp3) is 0.622. The summed E-state index contributed by atoms with van der Waals surface area (Å²) in [7, 11) is 0. The summed E-state index contributed by atoms with van der Waals surface area (Å²) in [6, 6.07) is 15.6. The van der Waals surface area contributed by atoms with Crippen molar-refractivity contribution in [2.24, 2.45) is 11.8 Å². The number of unbranched alkanes of at least 4 members (excludes halogenated alkanes) is 2. The van der Waals surface area contributed by atoms with Crippen molar-refractivity contribution in [3.63, 3.8) is 0 Å². The van der Waals surface area contributed by atoms with Crippen molar-refractivity contribution in [1.82, 2.24) is 0 Å². The van der Waals surface area contributed by atoms with E-state index in [1.807, 2.05) is 12.1 Å². The zero-order valence-corrected chi connectivity index (χ0v) is 25.1. The van der Waals surface area contributed by atoms with Crippen LogP contribution in [0.25, 0.3) is 0 Å². The predicted octanol–water partition coefficient (Wildman–Crippen LogP) is 11.5. The van der Waals surface area contributed by atoms with Gasteiger partial charge in [0.1, 0.15) is 0 Å². The average molecular weight is 551 g/mol. The van der Waals surface area contributed by atoms with Crippen molar-refractivity contribution in [2.45, 2.75) is 128 Å². The Morgan fingerprint density at radius 2 is 1.30 bits per heavy atom. The normalized spacial score (nSPS) is 24.0. The van der Waals surface area contributed by atoms with Gasteiger partial charge >= 0.3 is 6.11 Å². The molecular weight excluding hydrogens is 498 g/mol. The van der Waals surface area contributed by atoms with Crippen LogP contribution in [0.2, 0.25) is 0 Å². The van der Waals surface area contributed by atoms with Crippen molar-refractivity contribution in [2.75, 3.05) is 6.61 Å². The molecule has 0 saturated heterocycles. The quantitative estimate of drug-likeness (QED) is 0.168. The second-order valence-corrected chi connectivity index (χ2v) is 12.6. The van der Waals surface area contributed by atoms with Gasteiger partial charge in [-0.15, -0.1) is 0 Å². The Hall–Kier alpha value is -2.00. The Labute approximate surface area is 242 Å². The standard InChI is InChI=1S/C37H52F2O/c1-3-5-7-9-29-11-17-32(18-12-29)33-21-15-31(16-22-33)27-28-40-37(38,39)36-25-23-35(24-26-36)34-19-13-30(14-20-34)10-8-6-4-2/h4,6,15-16,21-26,29-30,32,34H,3,5,7-14,17-20,27-28H2,1-2H3/b6-4+/t29-,30-,32-,34-. The number of hydrogen-bond donors (Lipinski definition) is 0. The molecule has 1 nitrogen and oxygen atoms in total. The summed E-state index contributed by atoms with van der Waals surface area (Å²) in [5.74, 6) is 2.86. The van der Waals surface area contributed by atoms with Crippen molar-refractivity contribution in [1.29, 1.82) is 0 Å². The van der Waals surface area contributed by atoms with Crippen molar-refractivity contribution in [3.8, 4) is 0 Å². The van der Waals surface area contributed by atoms with Crippen molar-refractivity contribution in [3.05, 3.63) is 82.9 Å². The van der Waals surface area contributed by atoms with Gasteiger partial charge in [0.25, 0.3) is 0 Å². The molecule has 0 unspecified atom stereocenters. The Morgan fingerprint density at radius 1 is 0.750 bits per heavy atom. The lowest BCUT2D eigenvalue weighted by molar-refractivity contribution is -0.248. The highest BCUT2D eigenvalue weighted by Crippen LogP contribution is 2.39. The fourth-order valence-electron chi connectivity index (χ4n) is 7.04. The maximum atomic E-state index is 14.8. The van der Waals surface area contributed by atoms with Crippen LogP contribution in [-0.2, 0) is 17.3 Å². The topological polar surface area (TPSA) is 9.23 Å². The first-order chi connectivity index (χ1) is 19.5. The highest BCUT2D eigenvalue weighted by molar-refractivity contribution is 5.28. The molecule has 0 spiro atoms. The Bertz CT molecular complexity index is 993. The van der Waals surface area contributed by atoms with E-state index in [9.17, 15) is 8.78 Å². The highest BCUT2D eigenvalue weighted by atomic mass is 19.3. The lowest BCUT2D eigenvalue weighted by Gasteiger charge is -2.29. The summed E-state index contributed by atoms with van der Waals surface area (Å²) in [6.45, 7) is 4.36. The van der Waals surface area contributed by atoms with E-state index in [1.165, 1.54) is 88.2 Å². The molecule has 0 N–H and O–H groups in total. The van der Waals surface area contributed by atoms with Gasteiger partial charge in [-0.3, -0.25) is 0 Å². The van der Waals surface area contributed by atoms with Gasteiger partial charge in [0.05, 0.1) is 12.2 Å². The number of benzene rings is 2. The summed E-state index contributed by atoms with van der Waals surface area (Å²) in [5.41, 5.74) is 3.61. The number of allylic oxidation sites excluding steroid dienone is 2. The molecule has 2 aromatic rings. The van der Waals surface area contributed by atoms with E-state index < -0.39 is 6.11 Å². The van der Waals surface area contributed by atoms with Crippen LogP contribution in [0.3, 0.4) is 0 Å². The SMILES string of the molecule is C/C=C/CC[C@H]1CC[C@H](c2ccc(C(F)(F)OCCc3ccc([C@H]4CC[C@H](CCCCC)CC4)cc3)cc2)CC1. The van der Waals surface area contributed by atoms with Crippen LogP contribution in [0.4, 0.5) is 8.78 Å². The number of alkyl halides is 2. The molecule has 0 aromatic heterocycles. The third kappa shape index (κ3) is 9.26. The third-order valence-corrected chi connectivity index (χ3v) is 9.73. The molecule has 0 radical (unpaired) electrons. The smallest absolute Gasteiger partial charge is 0.316 e. The number of ether oxygens (including phenoxy) is 1. The summed E-state index contributed by atoms with van der Waals surface area (Å²) < 4.78 is 34.8. The van der Waals surface area contributed by atoms with Crippen LogP contribution in [0.15, 0.2) is 60.7 Å². The molecule has 2 aliphatic rings. The van der Waals surface area contributed by atoms with Crippen LogP contribution in [-0.4, -0.2) is 6.61 Å². The summed E-state index contributed by atoms with van der Waals surface area (Å²) in [5, 5.41) is 0. The summed E-state index contributed by atoms with van der Waals surface area (Å²) in [6.07, 6.45) is 19.5. The maximum Gasteiger partial charge on any atom is 0.383 e. The van der Waals surface area contributed by atoms with Gasteiger partial charge in [0.15, 0.2) is 0 Å². The highest BCUT2D eigenvalue weighted by Gasteiger charge is 2.33. The van der Waals surface area contributed by atoms with E-state index in [-0.39, 0.29) is 12.2 Å². The van der Waals surface area contributed by atoms with E-state index in [0.717, 1.165) is 30.2 Å². The van der Waals surface area contributed by atoms with Crippen LogP contribution in [0.1, 0.15) is 138 Å². The van der Waals surface area contributed by atoms with Gasteiger partial charge < -0.3 is 4.74 Å². The predicted molar refractivity (Wildman–Crippen MR) is 164 cm³/mol. The first kappa shape index (κ1) is 30.9. The van der Waals surface area contributed by atoms with Gasteiger partial charge in [-0.05, 0) is 118 Å². The van der Waals surface area contributed by atoms with E-state index in [2.05, 4.69) is 50.3 Å². The lowest BCUT2D eigenvalue weighted by Crippen LogP contribution is -2.20. The fourth-order valence-corrected chi connectivity index (χ4v) is 7.04. The molecule has 0 bridgehead atoms. The maximum absolute atomic E-state index is 14.8. The van der Waals surface area contributed by atoms with Crippen molar-refractivity contribution < 1.29 is 13.5 Å². The molecule has 40 heavy (non-hydrogen) atoms. The molecule has 2 saturated carbocycles. The van der Waals surface area contributed by atoms with Gasteiger partial charge in [0, 0.05) is 0 Å². The Balaban J connectivity index is 1.18. The van der Waals surface area contributed by atoms with Crippen LogP contribution < -0.4 is 0 Å². The van der Waals surface area contributed by atoms with E-state index >= 15 is 0 Å². The second-order valence-electron chi connectivity index (χ2n) is 12.6. The number of halogens is 2. The van der Waals surface area contributed by atoms with Crippen molar-refractivity contribution >= 4 is 0 Å². The molecule has 4 rings (SSSR count). The molecular formula is C37H52F2O. The van der Waals surface area contributed by atoms with Gasteiger partial charge in [-0.2, -0.15) is 8.78 Å². The molecule has 0 amide bonds. The number of hydrogen-bond acceptors (Lipinski definition) is 1. The van der Waals surface area contributed by atoms with E-state index in [1.54, 1.807) is 12.1 Å². The largest absolute Gasteiger partial charge is 0.383 e. The Morgan fingerprint density at radius 3 is 1.85 bits per heavy atom. The molecule has 0 heterocycles. The van der Waals surface area contributed by atoms with Crippen LogP contribution in [0, 0.1) is 11.8 Å². The molecule has 2 fully saturated rings. The van der Waals surface area contributed by atoms with Gasteiger partial charge in [0.2, 0.25) is 0 Å². The average Bonchev–Trinajstić information content (AvgIpc) is 2.99. The summed E-state index contributed by atoms with van der Waals surface area (Å²) >= 11 is 0. The first-order valence-electron chi connectivity index (χ1n) is 16.3. The zero-order chi connectivity index (χ0) is 28.2. The molecule has 0 atom stereocenters. The number of rotatable bonds is 14. The van der Waals surface area contributed by atoms with E-state index in [0.29, 0.717) is 18.3 Å². The molecule has 2 aliphatic carbocycles. The lowest BCUT2D eigenvalue weighted by atomic mass is 9.77. The van der Waals surface area contributed by atoms with Gasteiger partial charge in [-0.1, -0.05) is 93.3 Å². The summed E-state index contributed by atoms with van der Waals surface area (Å²) in [4.78, 5) is 0. The monoisotopic (exact) mass is 550 g/mol. The Kier molecular flexibility index (Phi) is 12.3. The van der Waals surface area contributed by atoms with Crippen LogP contribution >= 0.6 is 0 Å². The van der Waals surface area contributed by atoms with E-state index in [4.69, 9.17) is 4.74 Å². The minimum absolute atomic E-state index is 0.00813. The molecule has 0 aliphatic heterocycles.